The van der Waals surface area contributed by atoms with Crippen molar-refractivity contribution in [2.75, 3.05) is 20.7 Å². The van der Waals surface area contributed by atoms with Gasteiger partial charge in [0, 0.05) is 12.3 Å². The highest BCUT2D eigenvalue weighted by atomic mass is 16.5. The van der Waals surface area contributed by atoms with E-state index in [0.29, 0.717) is 12.8 Å². The molecule has 0 aliphatic rings. The lowest BCUT2D eigenvalue weighted by Crippen LogP contribution is -2.57. The van der Waals surface area contributed by atoms with Crippen LogP contribution in [-0.4, -0.2) is 67.3 Å². The summed E-state index contributed by atoms with van der Waals surface area (Å²) in [6.45, 7) is 15.5. The molecular formula is C33H59N3O5. The van der Waals surface area contributed by atoms with Crippen LogP contribution in [0.4, 0.5) is 0 Å². The first-order valence-corrected chi connectivity index (χ1v) is 15.6. The normalized spacial score (nSPS) is 14.9. The Morgan fingerprint density at radius 1 is 0.878 bits per heavy atom. The van der Waals surface area contributed by atoms with Crippen molar-refractivity contribution in [1.82, 2.24) is 15.5 Å². The summed E-state index contributed by atoms with van der Waals surface area (Å²) >= 11 is 0. The molecule has 0 aromatic rings. The summed E-state index contributed by atoms with van der Waals surface area (Å²) in [4.78, 5) is 54.0. The molecule has 41 heavy (non-hydrogen) atoms. The summed E-state index contributed by atoms with van der Waals surface area (Å²) in [5.74, 6) is -1.22. The van der Waals surface area contributed by atoms with Crippen LogP contribution in [-0.2, 0) is 23.9 Å². The van der Waals surface area contributed by atoms with E-state index in [9.17, 15) is 19.2 Å². The molecule has 4 atom stereocenters. The minimum atomic E-state index is -1.06. The number of amides is 2. The van der Waals surface area contributed by atoms with Crippen LogP contribution >= 0.6 is 0 Å². The van der Waals surface area contributed by atoms with E-state index in [1.54, 1.807) is 32.0 Å². The van der Waals surface area contributed by atoms with Crippen LogP contribution in [0.15, 0.2) is 25.3 Å². The van der Waals surface area contributed by atoms with E-state index in [1.807, 2.05) is 19.9 Å². The van der Waals surface area contributed by atoms with E-state index < -0.39 is 29.5 Å². The van der Waals surface area contributed by atoms with Crippen molar-refractivity contribution in [2.45, 2.75) is 129 Å². The van der Waals surface area contributed by atoms with Gasteiger partial charge in [0.15, 0.2) is 0 Å². The van der Waals surface area contributed by atoms with Gasteiger partial charge in [-0.25, -0.2) is 4.79 Å². The number of likely N-dealkylation sites (N-methyl/N-ethyl adjacent to an activating group) is 1. The van der Waals surface area contributed by atoms with E-state index in [1.165, 1.54) is 12.8 Å². The zero-order valence-electron chi connectivity index (χ0n) is 26.8. The summed E-state index contributed by atoms with van der Waals surface area (Å²) in [7, 11) is 3.50. The highest BCUT2D eigenvalue weighted by molar-refractivity contribution is 5.91. The third kappa shape index (κ3) is 15.4. The standard InChI is InChI=1S/C33H59N3O5/c1-9-13-15-17-19-21-27(20-18-16-14-10-2)30(38)34-28(23-26(5)6)31(39)35-29(32(40)41-12-4)24-33(25-37,22-11-3)36(7)8/h10-11,25-29H,2-3,9,12-24H2,1,4-8H3,(H,34,38)(H,35,39)/t27?,28-,29-,33?/m0/s1. The highest BCUT2D eigenvalue weighted by Gasteiger charge is 2.39. The maximum absolute atomic E-state index is 13.6. The third-order valence-electron chi connectivity index (χ3n) is 7.63. The van der Waals surface area contributed by atoms with Crippen LogP contribution in [0.5, 0.6) is 0 Å². The van der Waals surface area contributed by atoms with Gasteiger partial charge in [-0.3, -0.25) is 14.5 Å². The first-order chi connectivity index (χ1) is 19.5. The van der Waals surface area contributed by atoms with Crippen LogP contribution in [0.3, 0.4) is 0 Å². The molecule has 0 aromatic carbocycles. The van der Waals surface area contributed by atoms with E-state index in [2.05, 4.69) is 30.7 Å². The number of carbonyl (C=O) groups excluding carboxylic acids is 4. The predicted octanol–water partition coefficient (Wildman–Crippen LogP) is 5.75. The average Bonchev–Trinajstić information content (AvgIpc) is 2.92. The number of hydrogen-bond donors (Lipinski definition) is 2. The Morgan fingerprint density at radius 3 is 2.00 bits per heavy atom. The van der Waals surface area contributed by atoms with Crippen molar-refractivity contribution < 1.29 is 23.9 Å². The molecule has 236 valence electrons. The Morgan fingerprint density at radius 2 is 1.49 bits per heavy atom. The minimum Gasteiger partial charge on any atom is -0.464 e. The summed E-state index contributed by atoms with van der Waals surface area (Å²) < 4.78 is 5.26. The number of rotatable bonds is 25. The van der Waals surface area contributed by atoms with Crippen LogP contribution < -0.4 is 10.6 Å². The number of hydrogen-bond acceptors (Lipinski definition) is 6. The summed E-state index contributed by atoms with van der Waals surface area (Å²) in [5.41, 5.74) is -1.04. The summed E-state index contributed by atoms with van der Waals surface area (Å²) in [6, 6.07) is -1.87. The van der Waals surface area contributed by atoms with Gasteiger partial charge < -0.3 is 20.2 Å². The molecule has 2 unspecified atom stereocenters. The van der Waals surface area contributed by atoms with E-state index in [0.717, 1.165) is 57.7 Å². The topological polar surface area (TPSA) is 105 Å². The van der Waals surface area contributed by atoms with Gasteiger partial charge in [0.2, 0.25) is 11.8 Å². The van der Waals surface area contributed by atoms with Crippen LogP contribution in [0.1, 0.15) is 111 Å². The van der Waals surface area contributed by atoms with Gasteiger partial charge >= 0.3 is 5.97 Å². The predicted molar refractivity (Wildman–Crippen MR) is 167 cm³/mol. The van der Waals surface area contributed by atoms with E-state index >= 15 is 0 Å². The first-order valence-electron chi connectivity index (χ1n) is 15.6. The lowest BCUT2D eigenvalue weighted by Gasteiger charge is -2.37. The zero-order chi connectivity index (χ0) is 31.3. The molecule has 0 bridgehead atoms. The summed E-state index contributed by atoms with van der Waals surface area (Å²) in [6.07, 6.45) is 15.0. The van der Waals surface area contributed by atoms with Crippen LogP contribution in [0.25, 0.3) is 0 Å². The highest BCUT2D eigenvalue weighted by Crippen LogP contribution is 2.23. The fourth-order valence-electron chi connectivity index (χ4n) is 5.03. The number of ether oxygens (including phenoxy) is 1. The maximum Gasteiger partial charge on any atom is 0.328 e. The average molecular weight is 578 g/mol. The van der Waals surface area contributed by atoms with Crippen LogP contribution in [0, 0.1) is 11.8 Å². The van der Waals surface area contributed by atoms with Crippen molar-refractivity contribution in [3.8, 4) is 0 Å². The van der Waals surface area contributed by atoms with Gasteiger partial charge in [0.25, 0.3) is 0 Å². The number of nitrogens with zero attached hydrogens (tertiary/aromatic N) is 1. The molecule has 0 aliphatic carbocycles. The Kier molecular flexibility index (Phi) is 20.8. The molecular weight excluding hydrogens is 518 g/mol. The molecule has 0 fully saturated rings. The van der Waals surface area contributed by atoms with Crippen molar-refractivity contribution in [3.63, 3.8) is 0 Å². The lowest BCUT2D eigenvalue weighted by atomic mass is 9.87. The number of carbonyl (C=O) groups is 4. The van der Waals surface area contributed by atoms with Crippen molar-refractivity contribution >= 4 is 24.1 Å². The number of esters is 1. The molecule has 8 nitrogen and oxygen atoms in total. The Bertz CT molecular complexity index is 798. The first kappa shape index (κ1) is 38.5. The van der Waals surface area contributed by atoms with E-state index in [-0.39, 0.29) is 30.8 Å². The molecule has 0 radical (unpaired) electrons. The number of nitrogens with one attached hydrogen (secondary N) is 2. The molecule has 0 aliphatic heterocycles. The zero-order valence-corrected chi connectivity index (χ0v) is 26.8. The second-order valence-electron chi connectivity index (χ2n) is 11.8. The fraction of sp³-hybridized carbons (Fsp3) is 0.758. The van der Waals surface area contributed by atoms with Crippen molar-refractivity contribution in [2.24, 2.45) is 11.8 Å². The second kappa shape index (κ2) is 22.2. The molecule has 0 spiro atoms. The molecule has 0 aromatic heterocycles. The molecule has 0 rings (SSSR count). The van der Waals surface area contributed by atoms with Crippen LogP contribution in [0.2, 0.25) is 0 Å². The SMILES string of the molecule is C=CCCCCC(CCCCCCC)C(=O)N[C@@H](CC(C)C)C(=O)N[C@@H](CC(C=O)(CC=C)N(C)C)C(=O)OCC. The molecule has 2 N–H and O–H groups in total. The quantitative estimate of drug-likeness (QED) is 0.0619. The molecule has 0 saturated carbocycles. The number of unbranched alkanes of at least 4 members (excludes halogenated alkanes) is 6. The van der Waals surface area contributed by atoms with E-state index in [4.69, 9.17) is 4.74 Å². The Hall–Kier alpha value is -2.48. The van der Waals surface area contributed by atoms with Crippen molar-refractivity contribution in [1.29, 1.82) is 0 Å². The molecule has 2 amide bonds. The van der Waals surface area contributed by atoms with Gasteiger partial charge in [0.1, 0.15) is 18.4 Å². The monoisotopic (exact) mass is 577 g/mol. The third-order valence-corrected chi connectivity index (χ3v) is 7.63. The van der Waals surface area contributed by atoms with Gasteiger partial charge in [-0.1, -0.05) is 71.4 Å². The second-order valence-corrected chi connectivity index (χ2v) is 11.8. The largest absolute Gasteiger partial charge is 0.464 e. The fourth-order valence-corrected chi connectivity index (χ4v) is 5.03. The molecule has 0 heterocycles. The minimum absolute atomic E-state index is 0.0200. The summed E-state index contributed by atoms with van der Waals surface area (Å²) in [5, 5.41) is 5.84. The van der Waals surface area contributed by atoms with Gasteiger partial charge in [-0.2, -0.15) is 0 Å². The van der Waals surface area contributed by atoms with Crippen molar-refractivity contribution in [3.05, 3.63) is 25.3 Å². The maximum atomic E-state index is 13.6. The Labute approximate surface area is 250 Å². The number of aldehydes is 1. The molecule has 8 heteroatoms. The molecule has 0 saturated heterocycles. The smallest absolute Gasteiger partial charge is 0.328 e. The van der Waals surface area contributed by atoms with Gasteiger partial charge in [-0.05, 0) is 65.5 Å². The van der Waals surface area contributed by atoms with Gasteiger partial charge in [-0.15, -0.1) is 13.2 Å². The number of allylic oxidation sites excluding steroid dienone is 1. The Balaban J connectivity index is 5.85. The lowest BCUT2D eigenvalue weighted by molar-refractivity contribution is -0.149. The van der Waals surface area contributed by atoms with Gasteiger partial charge in [0.05, 0.1) is 12.1 Å².